The number of para-hydroxylation sites is 1. The summed E-state index contributed by atoms with van der Waals surface area (Å²) in [6.45, 7) is 0. The number of benzene rings is 7. The molecule has 0 unspecified atom stereocenters. The van der Waals surface area contributed by atoms with Gasteiger partial charge in [0.1, 0.15) is 0 Å². The van der Waals surface area contributed by atoms with Crippen LogP contribution in [-0.2, 0) is 0 Å². The zero-order chi connectivity index (χ0) is 28.5. The zero-order valence-corrected chi connectivity index (χ0v) is 22.9. The minimum Gasteiger partial charge on any atom is -0.423 e. The highest BCUT2D eigenvalue weighted by Crippen LogP contribution is 2.43. The van der Waals surface area contributed by atoms with E-state index in [0.29, 0.717) is 5.46 Å². The summed E-state index contributed by atoms with van der Waals surface area (Å²) in [7, 11) is -1.50. The largest absolute Gasteiger partial charge is 0.488 e. The van der Waals surface area contributed by atoms with Crippen molar-refractivity contribution in [3.05, 3.63) is 158 Å². The molecule has 4 heteroatoms. The lowest BCUT2D eigenvalue weighted by atomic mass is 9.80. The highest BCUT2D eigenvalue weighted by Gasteiger charge is 2.19. The molecule has 0 aliphatic rings. The Bertz CT molecular complexity index is 2020. The third-order valence-electron chi connectivity index (χ3n) is 7.86. The smallest absolute Gasteiger partial charge is 0.423 e. The van der Waals surface area contributed by atoms with Gasteiger partial charge in [0.05, 0.1) is 5.69 Å². The summed E-state index contributed by atoms with van der Waals surface area (Å²) < 4.78 is 0. The molecular formula is C38H28BNO2. The molecule has 42 heavy (non-hydrogen) atoms. The summed E-state index contributed by atoms with van der Waals surface area (Å²) in [6.07, 6.45) is 0. The number of anilines is 3. The maximum absolute atomic E-state index is 9.65. The van der Waals surface area contributed by atoms with Crippen LogP contribution in [0.1, 0.15) is 0 Å². The first-order valence-corrected chi connectivity index (χ1v) is 14.1. The number of fused-ring (bicyclic) bond motifs is 3. The van der Waals surface area contributed by atoms with Gasteiger partial charge in [-0.15, -0.1) is 0 Å². The van der Waals surface area contributed by atoms with Crippen molar-refractivity contribution in [3.63, 3.8) is 0 Å². The molecule has 3 nitrogen and oxygen atoms in total. The molecule has 0 fully saturated rings. The topological polar surface area (TPSA) is 43.7 Å². The summed E-state index contributed by atoms with van der Waals surface area (Å²) in [5, 5.41) is 24.1. The third kappa shape index (κ3) is 4.84. The molecule has 0 saturated carbocycles. The average Bonchev–Trinajstić information content (AvgIpc) is 3.06. The second-order valence-corrected chi connectivity index (χ2v) is 10.5. The summed E-state index contributed by atoms with van der Waals surface area (Å²) in [4.78, 5) is 2.32. The van der Waals surface area contributed by atoms with Crippen molar-refractivity contribution in [2.75, 3.05) is 4.90 Å². The number of nitrogens with zero attached hydrogens (tertiary/aromatic N) is 1. The van der Waals surface area contributed by atoms with E-state index in [-0.39, 0.29) is 0 Å². The van der Waals surface area contributed by atoms with Gasteiger partial charge in [-0.2, -0.15) is 0 Å². The first kappa shape index (κ1) is 25.8. The van der Waals surface area contributed by atoms with Crippen LogP contribution in [0.4, 0.5) is 17.1 Å². The number of hydrogen-bond acceptors (Lipinski definition) is 3. The monoisotopic (exact) mass is 541 g/mol. The standard InChI is InChI=1S/C38H28BNO2/c41-39(42)32-22-19-29(20-23-32)36-15-6-7-16-38(36)40(33-13-8-12-31(25-33)27-9-2-1-3-10-27)34-24-21-30-18-17-28-11-4-5-14-35(28)37(30)26-34/h1-26,41-42H. The molecule has 0 spiro atoms. The second-order valence-electron chi connectivity index (χ2n) is 10.5. The minimum atomic E-state index is -1.50. The van der Waals surface area contributed by atoms with Crippen molar-refractivity contribution in [1.29, 1.82) is 0 Å². The molecule has 0 bridgehead atoms. The lowest BCUT2D eigenvalue weighted by Crippen LogP contribution is -2.29. The maximum atomic E-state index is 9.65. The summed E-state index contributed by atoms with van der Waals surface area (Å²) in [5.41, 5.74) is 7.93. The van der Waals surface area contributed by atoms with Crippen LogP contribution >= 0.6 is 0 Å². The van der Waals surface area contributed by atoms with Gasteiger partial charge in [-0.25, -0.2) is 0 Å². The molecule has 0 aromatic heterocycles. The molecular weight excluding hydrogens is 513 g/mol. The van der Waals surface area contributed by atoms with Gasteiger partial charge in [-0.3, -0.25) is 0 Å². The summed E-state index contributed by atoms with van der Waals surface area (Å²) in [5.74, 6) is 0. The summed E-state index contributed by atoms with van der Waals surface area (Å²) >= 11 is 0. The van der Waals surface area contributed by atoms with Gasteiger partial charge in [0.15, 0.2) is 0 Å². The molecule has 0 saturated heterocycles. The predicted octanol–water partition coefficient (Wildman–Crippen LogP) is 8.48. The van der Waals surface area contributed by atoms with E-state index in [1.54, 1.807) is 12.1 Å². The summed E-state index contributed by atoms with van der Waals surface area (Å²) in [6, 6.07) is 54.4. The Kier molecular flexibility index (Phi) is 6.77. The lowest BCUT2D eigenvalue weighted by Gasteiger charge is -2.29. The Morgan fingerprint density at radius 1 is 0.429 bits per heavy atom. The van der Waals surface area contributed by atoms with Crippen LogP contribution in [0.3, 0.4) is 0 Å². The van der Waals surface area contributed by atoms with Crippen molar-refractivity contribution in [2.45, 2.75) is 0 Å². The first-order valence-electron chi connectivity index (χ1n) is 14.1. The normalized spacial score (nSPS) is 11.1. The highest BCUT2D eigenvalue weighted by molar-refractivity contribution is 6.58. The van der Waals surface area contributed by atoms with E-state index in [2.05, 4.69) is 126 Å². The molecule has 0 heterocycles. The van der Waals surface area contributed by atoms with Crippen molar-refractivity contribution >= 4 is 51.2 Å². The molecule has 0 atom stereocenters. The molecule has 0 amide bonds. The van der Waals surface area contributed by atoms with Crippen molar-refractivity contribution in [2.24, 2.45) is 0 Å². The Morgan fingerprint density at radius 2 is 1.07 bits per heavy atom. The second kappa shape index (κ2) is 11.0. The lowest BCUT2D eigenvalue weighted by molar-refractivity contribution is 0.426. The van der Waals surface area contributed by atoms with Gasteiger partial charge in [0.2, 0.25) is 0 Å². The molecule has 7 aromatic carbocycles. The Morgan fingerprint density at radius 3 is 1.88 bits per heavy atom. The van der Waals surface area contributed by atoms with Gasteiger partial charge in [0, 0.05) is 16.9 Å². The number of hydrogen-bond donors (Lipinski definition) is 2. The van der Waals surface area contributed by atoms with Gasteiger partial charge in [0.25, 0.3) is 0 Å². The van der Waals surface area contributed by atoms with Crippen LogP contribution in [0.15, 0.2) is 158 Å². The van der Waals surface area contributed by atoms with Gasteiger partial charge < -0.3 is 14.9 Å². The molecule has 0 radical (unpaired) electrons. The molecule has 7 aromatic rings. The van der Waals surface area contributed by atoms with Gasteiger partial charge >= 0.3 is 7.12 Å². The molecule has 200 valence electrons. The van der Waals surface area contributed by atoms with Gasteiger partial charge in [-0.1, -0.05) is 127 Å². The van der Waals surface area contributed by atoms with E-state index in [4.69, 9.17) is 0 Å². The fourth-order valence-corrected chi connectivity index (χ4v) is 5.76. The van der Waals surface area contributed by atoms with E-state index >= 15 is 0 Å². The predicted molar refractivity (Wildman–Crippen MR) is 177 cm³/mol. The van der Waals surface area contributed by atoms with Crippen LogP contribution in [0.5, 0.6) is 0 Å². The molecule has 0 aliphatic heterocycles. The van der Waals surface area contributed by atoms with E-state index < -0.39 is 7.12 Å². The van der Waals surface area contributed by atoms with E-state index in [1.807, 2.05) is 24.3 Å². The zero-order valence-electron chi connectivity index (χ0n) is 22.9. The fraction of sp³-hybridized carbons (Fsp3) is 0. The minimum absolute atomic E-state index is 0.463. The Labute approximate surface area is 245 Å². The fourth-order valence-electron chi connectivity index (χ4n) is 5.76. The quantitative estimate of drug-likeness (QED) is 0.164. The molecule has 7 rings (SSSR count). The highest BCUT2D eigenvalue weighted by atomic mass is 16.4. The van der Waals surface area contributed by atoms with Crippen LogP contribution < -0.4 is 10.4 Å². The van der Waals surface area contributed by atoms with Gasteiger partial charge in [-0.05, 0) is 74.0 Å². The number of rotatable bonds is 6. The van der Waals surface area contributed by atoms with E-state index in [1.165, 1.54) is 21.5 Å². The van der Waals surface area contributed by atoms with Crippen LogP contribution in [0, 0.1) is 0 Å². The molecule has 2 N–H and O–H groups in total. The van der Waals surface area contributed by atoms with Crippen LogP contribution in [0.25, 0.3) is 43.8 Å². The molecule has 0 aliphatic carbocycles. The van der Waals surface area contributed by atoms with Crippen molar-refractivity contribution in [3.8, 4) is 22.3 Å². The van der Waals surface area contributed by atoms with E-state index in [9.17, 15) is 10.0 Å². The van der Waals surface area contributed by atoms with Crippen molar-refractivity contribution in [1.82, 2.24) is 0 Å². The Hall–Kier alpha value is -5.16. The van der Waals surface area contributed by atoms with Crippen LogP contribution in [-0.4, -0.2) is 17.2 Å². The average molecular weight is 541 g/mol. The van der Waals surface area contributed by atoms with Crippen LogP contribution in [0.2, 0.25) is 0 Å². The van der Waals surface area contributed by atoms with E-state index in [0.717, 1.165) is 39.3 Å². The first-order chi connectivity index (χ1) is 20.7. The van der Waals surface area contributed by atoms with Crippen molar-refractivity contribution < 1.29 is 10.0 Å². The SMILES string of the molecule is OB(O)c1ccc(-c2ccccc2N(c2cccc(-c3ccccc3)c2)c2ccc3ccc4ccccc4c3c2)cc1. The Balaban J connectivity index is 1.46. The maximum Gasteiger partial charge on any atom is 0.488 e. The third-order valence-corrected chi connectivity index (χ3v) is 7.86.